The molecular weight excluding hydrogens is 376 g/mol. The standard InChI is InChI=1S/C17H23BrN2O4/c1-22-15(21)11-24-17(13-2-7-19-10-14(13)18)5-3-16(4-6-17)12-20-8-9-23-16/h2,7,10,20H,3-6,8-9,11-12H2,1H3. The molecule has 2 heterocycles. The third kappa shape index (κ3) is 3.64. The van der Waals surface area contributed by atoms with Crippen LogP contribution in [0, 0.1) is 0 Å². The van der Waals surface area contributed by atoms with Crippen LogP contribution in [0.15, 0.2) is 22.9 Å². The van der Waals surface area contributed by atoms with Crippen molar-refractivity contribution in [2.45, 2.75) is 36.9 Å². The first-order valence-corrected chi connectivity index (χ1v) is 9.04. The molecule has 1 aliphatic heterocycles. The molecule has 0 unspecified atom stereocenters. The minimum Gasteiger partial charge on any atom is -0.467 e. The van der Waals surface area contributed by atoms with Gasteiger partial charge < -0.3 is 19.5 Å². The van der Waals surface area contributed by atoms with Crippen molar-refractivity contribution < 1.29 is 19.0 Å². The maximum Gasteiger partial charge on any atom is 0.331 e. The molecule has 3 rings (SSSR count). The smallest absolute Gasteiger partial charge is 0.331 e. The lowest BCUT2D eigenvalue weighted by atomic mass is 9.72. The maximum absolute atomic E-state index is 11.6. The molecule has 6 nitrogen and oxygen atoms in total. The number of carbonyl (C=O) groups is 1. The lowest BCUT2D eigenvalue weighted by Crippen LogP contribution is -2.54. The molecule has 1 aromatic heterocycles. The number of hydrogen-bond donors (Lipinski definition) is 1. The second-order valence-corrected chi connectivity index (χ2v) is 7.28. The molecule has 1 aliphatic carbocycles. The number of aromatic nitrogens is 1. The summed E-state index contributed by atoms with van der Waals surface area (Å²) in [4.78, 5) is 15.7. The topological polar surface area (TPSA) is 69.7 Å². The highest BCUT2D eigenvalue weighted by atomic mass is 79.9. The van der Waals surface area contributed by atoms with E-state index in [1.165, 1.54) is 7.11 Å². The predicted molar refractivity (Wildman–Crippen MR) is 91.6 cm³/mol. The summed E-state index contributed by atoms with van der Waals surface area (Å²) in [6.45, 7) is 2.46. The number of halogens is 1. The Morgan fingerprint density at radius 3 is 2.83 bits per heavy atom. The summed E-state index contributed by atoms with van der Waals surface area (Å²) in [5.74, 6) is -0.365. The Labute approximate surface area is 150 Å². The Kier molecular flexibility index (Phi) is 5.54. The van der Waals surface area contributed by atoms with E-state index in [0.717, 1.165) is 55.4 Å². The summed E-state index contributed by atoms with van der Waals surface area (Å²) in [5, 5.41) is 3.42. The fourth-order valence-electron chi connectivity index (χ4n) is 3.63. The minimum atomic E-state index is -0.526. The molecule has 1 aromatic rings. The average molecular weight is 399 g/mol. The molecule has 1 saturated carbocycles. The Balaban J connectivity index is 1.81. The van der Waals surface area contributed by atoms with Gasteiger partial charge in [-0.2, -0.15) is 0 Å². The van der Waals surface area contributed by atoms with E-state index in [2.05, 4.69) is 26.2 Å². The second-order valence-electron chi connectivity index (χ2n) is 6.42. The van der Waals surface area contributed by atoms with Crippen molar-refractivity contribution in [1.82, 2.24) is 10.3 Å². The van der Waals surface area contributed by atoms with Crippen molar-refractivity contribution in [3.63, 3.8) is 0 Å². The number of methoxy groups -OCH3 is 1. The number of nitrogens with zero attached hydrogens (tertiary/aromatic N) is 1. The molecule has 1 spiro atoms. The molecule has 1 saturated heterocycles. The van der Waals surface area contributed by atoms with Gasteiger partial charge in [0.05, 0.1) is 24.9 Å². The van der Waals surface area contributed by atoms with E-state index >= 15 is 0 Å². The number of carbonyl (C=O) groups excluding carboxylic acids is 1. The first kappa shape index (κ1) is 17.8. The number of pyridine rings is 1. The molecule has 0 bridgehead atoms. The van der Waals surface area contributed by atoms with E-state index in [0.29, 0.717) is 0 Å². The van der Waals surface area contributed by atoms with Crippen LogP contribution >= 0.6 is 15.9 Å². The molecule has 0 amide bonds. The van der Waals surface area contributed by atoms with Gasteiger partial charge in [-0.3, -0.25) is 4.98 Å². The first-order valence-electron chi connectivity index (χ1n) is 8.25. The van der Waals surface area contributed by atoms with Gasteiger partial charge in [0.15, 0.2) is 0 Å². The van der Waals surface area contributed by atoms with Gasteiger partial charge in [0.1, 0.15) is 6.61 Å². The average Bonchev–Trinajstić information content (AvgIpc) is 2.63. The zero-order valence-corrected chi connectivity index (χ0v) is 15.4. The summed E-state index contributed by atoms with van der Waals surface area (Å²) in [7, 11) is 1.37. The molecular formula is C17H23BrN2O4. The predicted octanol–water partition coefficient (Wildman–Crippen LogP) is 2.16. The zero-order chi connectivity index (χ0) is 17.0. The Bertz CT molecular complexity index is 580. The Morgan fingerprint density at radius 2 is 2.21 bits per heavy atom. The number of morpholine rings is 1. The normalized spacial score (nSPS) is 30.2. The largest absolute Gasteiger partial charge is 0.467 e. The van der Waals surface area contributed by atoms with E-state index in [-0.39, 0.29) is 18.2 Å². The van der Waals surface area contributed by atoms with Crippen LogP contribution in [0.1, 0.15) is 31.2 Å². The van der Waals surface area contributed by atoms with E-state index in [1.54, 1.807) is 12.4 Å². The van der Waals surface area contributed by atoms with E-state index < -0.39 is 5.60 Å². The monoisotopic (exact) mass is 398 g/mol. The van der Waals surface area contributed by atoms with Crippen molar-refractivity contribution in [1.29, 1.82) is 0 Å². The summed E-state index contributed by atoms with van der Waals surface area (Å²) in [5.41, 5.74) is 0.387. The van der Waals surface area contributed by atoms with Crippen LogP contribution in [-0.4, -0.2) is 50.0 Å². The van der Waals surface area contributed by atoms with Gasteiger partial charge in [-0.1, -0.05) is 0 Å². The molecule has 0 aromatic carbocycles. The van der Waals surface area contributed by atoms with Crippen LogP contribution < -0.4 is 5.32 Å². The zero-order valence-electron chi connectivity index (χ0n) is 13.8. The molecule has 24 heavy (non-hydrogen) atoms. The Morgan fingerprint density at radius 1 is 1.42 bits per heavy atom. The molecule has 0 atom stereocenters. The van der Waals surface area contributed by atoms with Crippen LogP contribution in [-0.2, 0) is 24.6 Å². The number of ether oxygens (including phenoxy) is 3. The quantitative estimate of drug-likeness (QED) is 0.783. The lowest BCUT2D eigenvalue weighted by molar-refractivity contribution is -0.170. The van der Waals surface area contributed by atoms with Crippen LogP contribution in [0.2, 0.25) is 0 Å². The molecule has 2 aliphatic rings. The van der Waals surface area contributed by atoms with E-state index in [1.807, 2.05) is 6.07 Å². The summed E-state index contributed by atoms with van der Waals surface area (Å²) < 4.78 is 17.8. The van der Waals surface area contributed by atoms with Crippen molar-refractivity contribution in [3.8, 4) is 0 Å². The molecule has 2 fully saturated rings. The lowest BCUT2D eigenvalue weighted by Gasteiger charge is -2.48. The highest BCUT2D eigenvalue weighted by Crippen LogP contribution is 2.47. The fraction of sp³-hybridized carbons (Fsp3) is 0.647. The second kappa shape index (κ2) is 7.47. The van der Waals surface area contributed by atoms with Crippen molar-refractivity contribution >= 4 is 21.9 Å². The van der Waals surface area contributed by atoms with Crippen molar-refractivity contribution in [2.24, 2.45) is 0 Å². The van der Waals surface area contributed by atoms with Gasteiger partial charge in [0.2, 0.25) is 0 Å². The van der Waals surface area contributed by atoms with Crippen LogP contribution in [0.5, 0.6) is 0 Å². The number of hydrogen-bond acceptors (Lipinski definition) is 6. The molecule has 132 valence electrons. The highest BCUT2D eigenvalue weighted by Gasteiger charge is 2.46. The molecule has 1 N–H and O–H groups in total. The summed E-state index contributed by atoms with van der Waals surface area (Å²) in [6, 6.07) is 1.96. The third-order valence-corrected chi connectivity index (χ3v) is 5.69. The van der Waals surface area contributed by atoms with Gasteiger partial charge in [-0.25, -0.2) is 4.79 Å². The third-order valence-electron chi connectivity index (χ3n) is 5.06. The number of esters is 1. The van der Waals surface area contributed by atoms with Crippen LogP contribution in [0.3, 0.4) is 0 Å². The number of nitrogens with one attached hydrogen (secondary N) is 1. The summed E-state index contributed by atoms with van der Waals surface area (Å²) >= 11 is 3.58. The summed E-state index contributed by atoms with van der Waals surface area (Å²) in [6.07, 6.45) is 6.86. The van der Waals surface area contributed by atoms with Gasteiger partial charge in [0, 0.05) is 35.5 Å². The van der Waals surface area contributed by atoms with Crippen molar-refractivity contribution in [3.05, 3.63) is 28.5 Å². The maximum atomic E-state index is 11.6. The van der Waals surface area contributed by atoms with E-state index in [9.17, 15) is 4.79 Å². The van der Waals surface area contributed by atoms with Crippen LogP contribution in [0.25, 0.3) is 0 Å². The van der Waals surface area contributed by atoms with Crippen molar-refractivity contribution in [2.75, 3.05) is 33.4 Å². The first-order chi connectivity index (χ1) is 11.6. The van der Waals surface area contributed by atoms with Gasteiger partial charge in [0.25, 0.3) is 0 Å². The van der Waals surface area contributed by atoms with Gasteiger partial charge in [-0.05, 0) is 47.7 Å². The SMILES string of the molecule is COC(=O)COC1(c2ccncc2Br)CCC2(CC1)CNCCO2. The minimum absolute atomic E-state index is 0.0582. The Hall–Kier alpha value is -1.02. The fourth-order valence-corrected chi connectivity index (χ4v) is 4.24. The molecule has 0 radical (unpaired) electrons. The van der Waals surface area contributed by atoms with E-state index in [4.69, 9.17) is 14.2 Å². The number of rotatable bonds is 4. The van der Waals surface area contributed by atoms with Crippen LogP contribution in [0.4, 0.5) is 0 Å². The van der Waals surface area contributed by atoms with Gasteiger partial charge in [-0.15, -0.1) is 0 Å². The van der Waals surface area contributed by atoms with Gasteiger partial charge >= 0.3 is 5.97 Å². The highest BCUT2D eigenvalue weighted by molar-refractivity contribution is 9.10. The molecule has 7 heteroatoms.